The summed E-state index contributed by atoms with van der Waals surface area (Å²) in [4.78, 5) is 12.1. The fraction of sp³-hybridized carbons (Fsp3) is 0.348. The van der Waals surface area contributed by atoms with E-state index in [1.54, 1.807) is 48.5 Å². The van der Waals surface area contributed by atoms with Gasteiger partial charge in [-0.1, -0.05) is 26.0 Å². The first-order valence-electron chi connectivity index (χ1n) is 10.9. The molecule has 2 heterocycles. The lowest BCUT2D eigenvalue weighted by Gasteiger charge is -2.13. The van der Waals surface area contributed by atoms with Crippen LogP contribution >= 0.6 is 0 Å². The van der Waals surface area contributed by atoms with Gasteiger partial charge in [0.2, 0.25) is 11.9 Å². The fourth-order valence-electron chi connectivity index (χ4n) is 2.85. The molecule has 0 saturated heterocycles. The molecule has 2 N–H and O–H groups in total. The number of alkyl halides is 3. The van der Waals surface area contributed by atoms with Gasteiger partial charge in [-0.25, -0.2) is 0 Å². The molecular weight excluding hydrogens is 451 g/mol. The number of anilines is 4. The van der Waals surface area contributed by atoms with E-state index in [1.165, 1.54) is 0 Å². The first-order valence-corrected chi connectivity index (χ1v) is 10.9. The van der Waals surface area contributed by atoms with Gasteiger partial charge in [-0.2, -0.15) is 28.1 Å². The summed E-state index contributed by atoms with van der Waals surface area (Å²) in [7, 11) is 0. The van der Waals surface area contributed by atoms with Gasteiger partial charge < -0.3 is 24.8 Å². The molecule has 6 bridgehead atoms. The summed E-state index contributed by atoms with van der Waals surface area (Å²) in [5.41, 5.74) is 1.19. The molecule has 8 nitrogen and oxygen atoms in total. The normalized spacial score (nSPS) is 13.4. The van der Waals surface area contributed by atoms with Gasteiger partial charge in [-0.15, -0.1) is 0 Å². The van der Waals surface area contributed by atoms with Crippen LogP contribution in [0.5, 0.6) is 17.5 Å². The quantitative estimate of drug-likeness (QED) is 0.473. The van der Waals surface area contributed by atoms with Crippen LogP contribution in [-0.2, 0) is 0 Å². The minimum atomic E-state index is -4.53. The molecule has 182 valence electrons. The van der Waals surface area contributed by atoms with Crippen LogP contribution in [-0.4, -0.2) is 40.9 Å². The van der Waals surface area contributed by atoms with Crippen LogP contribution in [0.3, 0.4) is 0 Å². The summed E-state index contributed by atoms with van der Waals surface area (Å²) in [6.07, 6.45) is -2.91. The van der Waals surface area contributed by atoms with Gasteiger partial charge in [-0.3, -0.25) is 0 Å². The van der Waals surface area contributed by atoms with Crippen molar-refractivity contribution in [3.05, 3.63) is 48.5 Å². The predicted molar refractivity (Wildman–Crippen MR) is 122 cm³/mol. The Kier molecular flexibility index (Phi) is 8.72. The molecule has 34 heavy (non-hydrogen) atoms. The molecule has 1 aliphatic heterocycles. The van der Waals surface area contributed by atoms with Gasteiger partial charge >= 0.3 is 12.2 Å². The Morgan fingerprint density at radius 1 is 0.824 bits per heavy atom. The van der Waals surface area contributed by atoms with Crippen LogP contribution in [0.25, 0.3) is 0 Å². The number of nitrogens with one attached hydrogen (secondary N) is 2. The van der Waals surface area contributed by atoms with Crippen LogP contribution in [0.2, 0.25) is 0 Å². The highest BCUT2D eigenvalue weighted by Crippen LogP contribution is 2.25. The molecule has 0 fully saturated rings. The van der Waals surface area contributed by atoms with Gasteiger partial charge in [0.1, 0.15) is 11.5 Å². The Labute approximate surface area is 195 Å². The molecule has 0 atom stereocenters. The molecule has 0 radical (unpaired) electrons. The number of ether oxygens (including phenoxy) is 3. The zero-order valence-corrected chi connectivity index (χ0v) is 18.9. The molecule has 0 unspecified atom stereocenters. The van der Waals surface area contributed by atoms with Crippen molar-refractivity contribution in [2.24, 2.45) is 0 Å². The third-order valence-corrected chi connectivity index (χ3v) is 4.24. The van der Waals surface area contributed by atoms with E-state index >= 15 is 0 Å². The van der Waals surface area contributed by atoms with E-state index in [4.69, 9.17) is 14.2 Å². The number of fused-ring (bicyclic) bond motifs is 6. The molecule has 0 aliphatic carbocycles. The zero-order chi connectivity index (χ0) is 24.4. The van der Waals surface area contributed by atoms with Crippen molar-refractivity contribution in [2.75, 3.05) is 30.5 Å². The van der Waals surface area contributed by atoms with E-state index in [0.717, 1.165) is 12.8 Å². The molecule has 2 aromatic carbocycles. The molecule has 1 aliphatic rings. The lowest BCUT2D eigenvalue weighted by Crippen LogP contribution is -2.20. The molecular formula is C23H26F3N5O3. The maximum Gasteiger partial charge on any atom is 0.422 e. The van der Waals surface area contributed by atoms with Crippen LogP contribution < -0.4 is 24.8 Å². The van der Waals surface area contributed by atoms with Crippen molar-refractivity contribution in [1.82, 2.24) is 15.0 Å². The fourth-order valence-corrected chi connectivity index (χ4v) is 2.85. The van der Waals surface area contributed by atoms with Crippen molar-refractivity contribution >= 4 is 23.3 Å². The number of hydrogen-bond donors (Lipinski definition) is 2. The van der Waals surface area contributed by atoms with Crippen LogP contribution in [0.15, 0.2) is 48.5 Å². The summed E-state index contributed by atoms with van der Waals surface area (Å²) in [5.74, 6) is 1.28. The average Bonchev–Trinajstić information content (AvgIpc) is 2.81. The number of aromatic nitrogens is 3. The smallest absolute Gasteiger partial charge is 0.422 e. The summed E-state index contributed by atoms with van der Waals surface area (Å²) >= 11 is 0. The highest BCUT2D eigenvalue weighted by molar-refractivity contribution is 5.60. The first-order chi connectivity index (χ1) is 16.4. The zero-order valence-electron chi connectivity index (χ0n) is 18.9. The van der Waals surface area contributed by atoms with E-state index in [9.17, 15) is 13.2 Å². The second kappa shape index (κ2) is 11.9. The van der Waals surface area contributed by atoms with Gasteiger partial charge in [0.25, 0.3) is 0 Å². The molecule has 0 saturated carbocycles. The van der Waals surface area contributed by atoms with Gasteiger partial charge in [0.15, 0.2) is 6.61 Å². The van der Waals surface area contributed by atoms with Gasteiger partial charge in [0.05, 0.1) is 13.2 Å². The minimum absolute atomic E-state index is 0.00791. The van der Waals surface area contributed by atoms with E-state index in [2.05, 4.69) is 25.6 Å². The van der Waals surface area contributed by atoms with E-state index in [-0.39, 0.29) is 11.9 Å². The third-order valence-electron chi connectivity index (χ3n) is 4.24. The molecule has 4 rings (SSSR count). The first kappa shape index (κ1) is 24.9. The molecule has 1 aromatic heterocycles. The van der Waals surface area contributed by atoms with Gasteiger partial charge in [-0.05, 0) is 37.1 Å². The third kappa shape index (κ3) is 7.98. The molecule has 0 spiro atoms. The van der Waals surface area contributed by atoms with Crippen LogP contribution in [0.1, 0.15) is 26.7 Å². The van der Waals surface area contributed by atoms with E-state index < -0.39 is 18.8 Å². The van der Waals surface area contributed by atoms with E-state index in [0.29, 0.717) is 36.1 Å². The van der Waals surface area contributed by atoms with Crippen molar-refractivity contribution in [1.29, 1.82) is 0 Å². The lowest BCUT2D eigenvalue weighted by molar-refractivity contribution is -0.154. The predicted octanol–water partition coefficient (Wildman–Crippen LogP) is 5.88. The lowest BCUT2D eigenvalue weighted by atomic mass is 10.3. The second-order valence-electron chi connectivity index (χ2n) is 6.88. The standard InChI is InChI=1S/C21H20F3N5O3.C2H6/c22-21(23,24)13-32-20-28-18-25-14-5-3-7-16(11-14)30-9-1-2-10-31-17-8-4-6-15(12-17)26-19(27-18)29-20;1-2/h3-8,11-12H,1-2,9-10,13H2,(H2,25,26,27,28,29);1-2H3. The Bertz CT molecular complexity index is 994. The number of nitrogens with zero attached hydrogens (tertiary/aromatic N) is 3. The maximum atomic E-state index is 12.6. The van der Waals surface area contributed by atoms with E-state index in [1.807, 2.05) is 13.8 Å². The van der Waals surface area contributed by atoms with Crippen molar-refractivity contribution in [3.63, 3.8) is 0 Å². The van der Waals surface area contributed by atoms with Crippen LogP contribution in [0.4, 0.5) is 36.4 Å². The Balaban J connectivity index is 0.00000158. The van der Waals surface area contributed by atoms with Gasteiger partial charge in [0, 0.05) is 23.5 Å². The largest absolute Gasteiger partial charge is 0.494 e. The Hall–Kier alpha value is -3.76. The highest BCUT2D eigenvalue weighted by Gasteiger charge is 2.29. The van der Waals surface area contributed by atoms with Crippen LogP contribution in [0, 0.1) is 0 Å². The SMILES string of the molecule is CC.FC(F)(F)COc1nc2nc(n1)Nc1cccc(c1)OCCCCOc1cccc(c1)N2. The second-order valence-corrected chi connectivity index (χ2v) is 6.88. The number of hydrogen-bond acceptors (Lipinski definition) is 8. The minimum Gasteiger partial charge on any atom is -0.494 e. The van der Waals surface area contributed by atoms with Crippen molar-refractivity contribution in [3.8, 4) is 17.5 Å². The Morgan fingerprint density at radius 3 is 1.79 bits per heavy atom. The Morgan fingerprint density at radius 2 is 1.32 bits per heavy atom. The topological polar surface area (TPSA) is 90.4 Å². The monoisotopic (exact) mass is 477 g/mol. The molecule has 3 aromatic rings. The highest BCUT2D eigenvalue weighted by atomic mass is 19.4. The number of rotatable bonds is 2. The number of halogens is 3. The number of benzene rings is 2. The van der Waals surface area contributed by atoms with Crippen molar-refractivity contribution < 1.29 is 27.4 Å². The van der Waals surface area contributed by atoms with Crippen molar-refractivity contribution in [2.45, 2.75) is 32.9 Å². The summed E-state index contributed by atoms with van der Waals surface area (Å²) in [6.45, 7) is 3.50. The summed E-state index contributed by atoms with van der Waals surface area (Å²) in [5, 5.41) is 5.91. The average molecular weight is 477 g/mol. The molecule has 0 amide bonds. The summed E-state index contributed by atoms with van der Waals surface area (Å²) in [6, 6.07) is 13.7. The summed E-state index contributed by atoms with van der Waals surface area (Å²) < 4.78 is 54.1. The molecule has 11 heteroatoms. The maximum absolute atomic E-state index is 12.6.